The van der Waals surface area contributed by atoms with Gasteiger partial charge >= 0.3 is 75.3 Å². The van der Waals surface area contributed by atoms with Gasteiger partial charge in [-0.1, -0.05) is 90.7 Å². The summed E-state index contributed by atoms with van der Waals surface area (Å²) in [4.78, 5) is 18.9. The average Bonchev–Trinajstić information content (AvgIpc) is 2.85. The van der Waals surface area contributed by atoms with Crippen molar-refractivity contribution in [3.05, 3.63) is 101 Å². The van der Waals surface area contributed by atoms with E-state index in [1.54, 1.807) is 67.0 Å². The molecule has 36 heavy (non-hydrogen) atoms. The van der Waals surface area contributed by atoms with E-state index in [1.165, 1.54) is 18.2 Å². The minimum absolute atomic E-state index is 0. The Kier molecular flexibility index (Phi) is 14.6. The normalized spacial score (nSPS) is 11.2. The van der Waals surface area contributed by atoms with Gasteiger partial charge in [0, 0.05) is 17.8 Å². The second-order valence-electron chi connectivity index (χ2n) is 7.42. The van der Waals surface area contributed by atoms with Gasteiger partial charge in [-0.25, -0.2) is 0 Å². The maximum absolute atomic E-state index is 11.5. The monoisotopic (exact) mass is 600 g/mol. The Morgan fingerprint density at radius 1 is 0.750 bits per heavy atom. The summed E-state index contributed by atoms with van der Waals surface area (Å²) in [5.74, 6) is -0.413. The van der Waals surface area contributed by atoms with E-state index in [0.29, 0.717) is 23.1 Å². The van der Waals surface area contributed by atoms with Gasteiger partial charge in [0.2, 0.25) is 0 Å². The van der Waals surface area contributed by atoms with Crippen molar-refractivity contribution >= 4 is 28.9 Å². The fourth-order valence-corrected chi connectivity index (χ4v) is 3.06. The first-order valence-electron chi connectivity index (χ1n) is 10.6. The maximum atomic E-state index is 11.5. The molecule has 0 bridgehead atoms. The summed E-state index contributed by atoms with van der Waals surface area (Å²) in [5.41, 5.74) is 1.13. The Bertz CT molecular complexity index is 1330. The van der Waals surface area contributed by atoms with Crippen molar-refractivity contribution in [1.82, 2.24) is 0 Å². The molecule has 1 atom stereocenters. The second-order valence-corrected chi connectivity index (χ2v) is 7.42. The van der Waals surface area contributed by atoms with Crippen molar-refractivity contribution in [1.29, 1.82) is 0 Å². The van der Waals surface area contributed by atoms with Gasteiger partial charge in [-0.15, -0.1) is 16.4 Å². The molecule has 0 fully saturated rings. The average molecular weight is 602 g/mol. The molecule has 0 aromatic heterocycles. The van der Waals surface area contributed by atoms with Gasteiger partial charge in [-0.3, -0.25) is 9.98 Å². The Morgan fingerprint density at radius 2 is 1.31 bits per heavy atom. The third kappa shape index (κ3) is 9.35. The summed E-state index contributed by atoms with van der Waals surface area (Å²) in [6, 6.07) is 23.7. The maximum Gasteiger partial charge on any atom is 2.00 e. The molecule has 4 rings (SSSR count). The van der Waals surface area contributed by atoms with Crippen molar-refractivity contribution in [2.45, 2.75) is 13.0 Å². The largest absolute Gasteiger partial charge is 2.00 e. The molecule has 4 aromatic rings. The molecule has 7 nitrogen and oxygen atoms in total. The standard InChI is InChI=1S/C17H18N2O2.C10H7NO2.Cu.Rb/c1-13(19-12-15-7-3-5-9-17(15)21)10-18-11-14-6-2-4-8-16(14)20;12-9-6-5-7-3-1-2-4-8(7)10(9)11-13;;/h2-9,11-13,20-21H,10H2,1H3;1-6,12H;;/q;;+2;+1/p-3. The van der Waals surface area contributed by atoms with Gasteiger partial charge < -0.3 is 15.3 Å². The van der Waals surface area contributed by atoms with Crippen LogP contribution in [0.3, 0.4) is 0 Å². The van der Waals surface area contributed by atoms with E-state index in [-0.39, 0.29) is 104 Å². The van der Waals surface area contributed by atoms with E-state index in [2.05, 4.69) is 15.2 Å². The molecule has 0 saturated heterocycles. The molecule has 1 unspecified atom stereocenters. The fourth-order valence-electron chi connectivity index (χ4n) is 3.06. The van der Waals surface area contributed by atoms with Gasteiger partial charge in [0.25, 0.3) is 0 Å². The molecule has 0 amide bonds. The van der Waals surface area contributed by atoms with E-state index in [1.807, 2.05) is 19.1 Å². The first-order valence-corrected chi connectivity index (χ1v) is 10.6. The zero-order chi connectivity index (χ0) is 24.3. The quantitative estimate of drug-likeness (QED) is 0.186. The van der Waals surface area contributed by atoms with Gasteiger partial charge in [-0.2, -0.15) is 0 Å². The topological polar surface area (TPSA) is 123 Å². The first kappa shape index (κ1) is 31.8. The van der Waals surface area contributed by atoms with Crippen LogP contribution < -0.4 is 73.5 Å². The first-order chi connectivity index (χ1) is 16.5. The van der Waals surface area contributed by atoms with Crippen LogP contribution in [0.2, 0.25) is 0 Å². The van der Waals surface area contributed by atoms with Crippen LogP contribution >= 0.6 is 0 Å². The number of nitroso groups, excluding NO2 is 1. The number of para-hydroxylation sites is 2. The van der Waals surface area contributed by atoms with Crippen molar-refractivity contribution < 1.29 is 90.6 Å². The Balaban J connectivity index is 0.000000374. The van der Waals surface area contributed by atoms with Crippen molar-refractivity contribution in [3.8, 4) is 17.2 Å². The van der Waals surface area contributed by atoms with Crippen LogP contribution in [0.1, 0.15) is 18.1 Å². The molecule has 0 saturated carbocycles. The van der Waals surface area contributed by atoms with Crippen molar-refractivity contribution in [3.63, 3.8) is 0 Å². The van der Waals surface area contributed by atoms with Crippen LogP contribution in [-0.2, 0) is 17.1 Å². The Hall–Kier alpha value is -2.20. The van der Waals surface area contributed by atoms with Crippen LogP contribution in [0.25, 0.3) is 10.8 Å². The van der Waals surface area contributed by atoms with Crippen molar-refractivity contribution in [2.24, 2.45) is 15.2 Å². The number of hydrogen-bond donors (Lipinski definition) is 0. The molecule has 0 spiro atoms. The Labute approximate surface area is 269 Å². The van der Waals surface area contributed by atoms with Crippen LogP contribution in [0.4, 0.5) is 5.69 Å². The van der Waals surface area contributed by atoms with Gasteiger partial charge in [0.15, 0.2) is 0 Å². The van der Waals surface area contributed by atoms with E-state index >= 15 is 0 Å². The van der Waals surface area contributed by atoms with Crippen LogP contribution in [-0.4, -0.2) is 25.0 Å². The minimum atomic E-state index is -0.325. The molecule has 0 N–H and O–H groups in total. The molecule has 0 aliphatic carbocycles. The van der Waals surface area contributed by atoms with E-state index in [9.17, 15) is 20.2 Å². The summed E-state index contributed by atoms with van der Waals surface area (Å²) in [7, 11) is 0. The minimum Gasteiger partial charge on any atom is -0.872 e. The number of hydrogen-bond acceptors (Lipinski definition) is 7. The summed E-state index contributed by atoms with van der Waals surface area (Å²) in [6.07, 6.45) is 3.14. The number of fused-ring (bicyclic) bond motifs is 1. The summed E-state index contributed by atoms with van der Waals surface area (Å²) in [6.45, 7) is 2.37. The smallest absolute Gasteiger partial charge is 0.872 e. The molecule has 0 aliphatic rings. The van der Waals surface area contributed by atoms with E-state index in [4.69, 9.17) is 0 Å². The zero-order valence-electron chi connectivity index (χ0n) is 19.8. The number of rotatable bonds is 6. The van der Waals surface area contributed by atoms with Crippen molar-refractivity contribution in [2.75, 3.05) is 6.54 Å². The third-order valence-electron chi connectivity index (χ3n) is 4.86. The van der Waals surface area contributed by atoms with Gasteiger partial charge in [0.05, 0.1) is 12.6 Å². The summed E-state index contributed by atoms with van der Waals surface area (Å²) >= 11 is 0. The summed E-state index contributed by atoms with van der Waals surface area (Å²) < 4.78 is 0. The van der Waals surface area contributed by atoms with Crippen LogP contribution in [0, 0.1) is 4.91 Å². The molecule has 9 heteroatoms. The Morgan fingerprint density at radius 3 is 1.92 bits per heavy atom. The molecule has 0 heterocycles. The predicted molar refractivity (Wildman–Crippen MR) is 130 cm³/mol. The van der Waals surface area contributed by atoms with Gasteiger partial charge in [0.1, 0.15) is 5.69 Å². The van der Waals surface area contributed by atoms with Crippen LogP contribution in [0.5, 0.6) is 17.2 Å². The fraction of sp³-hybridized carbons (Fsp3) is 0.111. The van der Waals surface area contributed by atoms with Gasteiger partial charge in [-0.05, 0) is 28.6 Å². The molecule has 0 aliphatic heterocycles. The molecule has 1 radical (unpaired) electrons. The third-order valence-corrected chi connectivity index (χ3v) is 4.86. The number of benzene rings is 4. The SMILES string of the molecule is CC(CN=Cc1ccccc1[O-])N=Cc1ccccc1[O-].O=Nc1c([O-])ccc2ccccc12.[Cu+2].[Rb+]. The zero-order valence-corrected chi connectivity index (χ0v) is 25.7. The molecular weight excluding hydrogens is 579 g/mol. The second kappa shape index (κ2) is 16.5. The van der Waals surface area contributed by atoms with Crippen LogP contribution in [0.15, 0.2) is 100 Å². The number of aliphatic imine (C=N–C) groups is 2. The number of nitrogens with zero attached hydrogens (tertiary/aromatic N) is 3. The molecular formula is C27H22CuN3O4Rb. The molecule has 181 valence electrons. The molecule has 4 aromatic carbocycles. The van der Waals surface area contributed by atoms with E-state index in [0.717, 1.165) is 5.39 Å². The van der Waals surface area contributed by atoms with E-state index < -0.39 is 0 Å². The summed E-state index contributed by atoms with van der Waals surface area (Å²) in [5, 5.41) is 38.4. The predicted octanol–water partition coefficient (Wildman–Crippen LogP) is 1.07.